The number of hydrogen-bond donors (Lipinski definition) is 2. The summed E-state index contributed by atoms with van der Waals surface area (Å²) < 4.78 is 5.13. The predicted octanol–water partition coefficient (Wildman–Crippen LogP) is 2.10. The van der Waals surface area contributed by atoms with Crippen molar-refractivity contribution in [2.45, 2.75) is 32.9 Å². The predicted molar refractivity (Wildman–Crippen MR) is 65.4 cm³/mol. The lowest BCUT2D eigenvalue weighted by molar-refractivity contribution is 0.0400. The minimum absolute atomic E-state index is 0.234. The summed E-state index contributed by atoms with van der Waals surface area (Å²) in [4.78, 5) is 0. The molecule has 0 unspecified atom stereocenters. The number of ether oxygens (including phenoxy) is 1. The van der Waals surface area contributed by atoms with Gasteiger partial charge in [-0.15, -0.1) is 0 Å². The van der Waals surface area contributed by atoms with E-state index in [9.17, 15) is 5.11 Å². The summed E-state index contributed by atoms with van der Waals surface area (Å²) in [6, 6.07) is 7.11. The molecule has 0 amide bonds. The average Bonchev–Trinajstić information content (AvgIpc) is 2.26. The zero-order chi connectivity index (χ0) is 12.3. The molecule has 2 atom stereocenters. The minimum atomic E-state index is -0.584. The van der Waals surface area contributed by atoms with Crippen molar-refractivity contribution in [2.75, 3.05) is 7.11 Å². The molecule has 0 fully saturated rings. The van der Waals surface area contributed by atoms with Crippen molar-refractivity contribution in [1.82, 2.24) is 0 Å². The van der Waals surface area contributed by atoms with Crippen molar-refractivity contribution < 1.29 is 9.84 Å². The standard InChI is InChI=1S/C13H21NO2/c1-13(2,3)12(15)11(14)9-6-5-7-10(8-9)16-4/h5-8,11-12,15H,14H2,1-4H3/t11-,12-/m0/s1. The molecule has 3 nitrogen and oxygen atoms in total. The number of hydrogen-bond acceptors (Lipinski definition) is 3. The molecule has 0 aliphatic rings. The Hall–Kier alpha value is -1.06. The lowest BCUT2D eigenvalue weighted by atomic mass is 9.82. The summed E-state index contributed by atoms with van der Waals surface area (Å²) >= 11 is 0. The van der Waals surface area contributed by atoms with Gasteiger partial charge in [0.05, 0.1) is 19.3 Å². The van der Waals surface area contributed by atoms with Crippen LogP contribution in [0.25, 0.3) is 0 Å². The summed E-state index contributed by atoms with van der Waals surface area (Å²) in [5.41, 5.74) is 6.70. The van der Waals surface area contributed by atoms with Crippen molar-refractivity contribution in [2.24, 2.45) is 11.1 Å². The summed E-state index contributed by atoms with van der Waals surface area (Å²) in [5, 5.41) is 10.1. The van der Waals surface area contributed by atoms with Crippen LogP contribution in [0.5, 0.6) is 5.75 Å². The van der Waals surface area contributed by atoms with Crippen LogP contribution in [0.2, 0.25) is 0 Å². The number of methoxy groups -OCH3 is 1. The zero-order valence-electron chi connectivity index (χ0n) is 10.4. The summed E-state index contributed by atoms with van der Waals surface area (Å²) in [7, 11) is 1.62. The molecule has 0 aromatic heterocycles. The van der Waals surface area contributed by atoms with Gasteiger partial charge in [-0.2, -0.15) is 0 Å². The fourth-order valence-corrected chi connectivity index (χ4v) is 1.57. The highest BCUT2D eigenvalue weighted by Crippen LogP contribution is 2.29. The van der Waals surface area contributed by atoms with Crippen LogP contribution >= 0.6 is 0 Å². The Morgan fingerprint density at radius 2 is 1.94 bits per heavy atom. The van der Waals surface area contributed by atoms with E-state index in [-0.39, 0.29) is 5.41 Å². The van der Waals surface area contributed by atoms with Crippen LogP contribution in [0.1, 0.15) is 32.4 Å². The van der Waals surface area contributed by atoms with Crippen molar-refractivity contribution >= 4 is 0 Å². The van der Waals surface area contributed by atoms with Gasteiger partial charge in [0.2, 0.25) is 0 Å². The van der Waals surface area contributed by atoms with E-state index in [1.165, 1.54) is 0 Å². The van der Waals surface area contributed by atoms with Crippen LogP contribution in [-0.4, -0.2) is 18.3 Å². The lowest BCUT2D eigenvalue weighted by Gasteiger charge is -2.31. The van der Waals surface area contributed by atoms with Crippen LogP contribution in [0, 0.1) is 5.41 Å². The summed E-state index contributed by atoms with van der Waals surface area (Å²) in [6.07, 6.45) is -0.584. The average molecular weight is 223 g/mol. The maximum Gasteiger partial charge on any atom is 0.119 e. The Bertz CT molecular complexity index is 344. The number of nitrogens with two attached hydrogens (primary N) is 1. The van der Waals surface area contributed by atoms with Gasteiger partial charge in [0, 0.05) is 0 Å². The van der Waals surface area contributed by atoms with Crippen molar-refractivity contribution in [1.29, 1.82) is 0 Å². The molecular weight excluding hydrogens is 202 g/mol. The Morgan fingerprint density at radius 1 is 1.31 bits per heavy atom. The molecule has 0 aliphatic heterocycles. The number of aliphatic hydroxyl groups is 1. The van der Waals surface area contributed by atoms with Gasteiger partial charge in [-0.1, -0.05) is 32.9 Å². The largest absolute Gasteiger partial charge is 0.497 e. The van der Waals surface area contributed by atoms with Crippen molar-refractivity contribution in [3.63, 3.8) is 0 Å². The maximum atomic E-state index is 10.1. The summed E-state index contributed by atoms with van der Waals surface area (Å²) in [6.45, 7) is 5.91. The minimum Gasteiger partial charge on any atom is -0.497 e. The Labute approximate surface area is 97.2 Å². The van der Waals surface area contributed by atoms with Gasteiger partial charge in [0.1, 0.15) is 5.75 Å². The first-order valence-electron chi connectivity index (χ1n) is 5.44. The fraction of sp³-hybridized carbons (Fsp3) is 0.538. The van der Waals surface area contributed by atoms with Gasteiger partial charge >= 0.3 is 0 Å². The highest BCUT2D eigenvalue weighted by Gasteiger charge is 2.29. The van der Waals surface area contributed by atoms with Gasteiger partial charge in [-0.3, -0.25) is 0 Å². The third-order valence-electron chi connectivity index (χ3n) is 2.71. The van der Waals surface area contributed by atoms with Crippen LogP contribution in [0.3, 0.4) is 0 Å². The van der Waals surface area contributed by atoms with E-state index in [4.69, 9.17) is 10.5 Å². The molecule has 90 valence electrons. The van der Waals surface area contributed by atoms with Crippen molar-refractivity contribution in [3.8, 4) is 5.75 Å². The van der Waals surface area contributed by atoms with E-state index in [1.54, 1.807) is 7.11 Å². The third kappa shape index (κ3) is 2.97. The molecule has 0 aliphatic carbocycles. The smallest absolute Gasteiger partial charge is 0.119 e. The number of aliphatic hydroxyl groups excluding tert-OH is 1. The number of benzene rings is 1. The second-order valence-electron chi connectivity index (χ2n) is 5.11. The van der Waals surface area contributed by atoms with Crippen LogP contribution in [-0.2, 0) is 0 Å². The van der Waals surface area contributed by atoms with Crippen molar-refractivity contribution in [3.05, 3.63) is 29.8 Å². The molecule has 3 N–H and O–H groups in total. The second kappa shape index (κ2) is 4.85. The molecule has 1 aromatic carbocycles. The molecule has 0 saturated heterocycles. The van der Waals surface area contributed by atoms with E-state index in [1.807, 2.05) is 45.0 Å². The molecule has 3 heteroatoms. The Kier molecular flexibility index (Phi) is 3.94. The topological polar surface area (TPSA) is 55.5 Å². The maximum absolute atomic E-state index is 10.1. The Morgan fingerprint density at radius 3 is 2.44 bits per heavy atom. The monoisotopic (exact) mass is 223 g/mol. The SMILES string of the molecule is COc1cccc([C@H](N)[C@H](O)C(C)(C)C)c1. The molecular formula is C13H21NO2. The molecule has 0 heterocycles. The molecule has 16 heavy (non-hydrogen) atoms. The van der Waals surface area contributed by atoms with Gasteiger partial charge < -0.3 is 15.6 Å². The normalized spacial score (nSPS) is 15.6. The van der Waals surface area contributed by atoms with E-state index in [2.05, 4.69) is 0 Å². The lowest BCUT2D eigenvalue weighted by Crippen LogP contribution is -2.36. The second-order valence-corrected chi connectivity index (χ2v) is 5.11. The third-order valence-corrected chi connectivity index (χ3v) is 2.71. The van der Waals surface area contributed by atoms with Gasteiger partial charge in [-0.25, -0.2) is 0 Å². The highest BCUT2D eigenvalue weighted by molar-refractivity contribution is 5.31. The van der Waals surface area contributed by atoms with Crippen LogP contribution in [0.4, 0.5) is 0 Å². The van der Waals surface area contributed by atoms with E-state index in [0.717, 1.165) is 11.3 Å². The molecule has 0 saturated carbocycles. The molecule has 0 radical (unpaired) electrons. The molecule has 1 aromatic rings. The fourth-order valence-electron chi connectivity index (χ4n) is 1.57. The van der Waals surface area contributed by atoms with Crippen LogP contribution in [0.15, 0.2) is 24.3 Å². The summed E-state index contributed by atoms with van der Waals surface area (Å²) in [5.74, 6) is 0.758. The number of rotatable bonds is 3. The van der Waals surface area contributed by atoms with Gasteiger partial charge in [0.25, 0.3) is 0 Å². The first-order valence-corrected chi connectivity index (χ1v) is 5.44. The quantitative estimate of drug-likeness (QED) is 0.825. The van der Waals surface area contributed by atoms with E-state index >= 15 is 0 Å². The van der Waals surface area contributed by atoms with E-state index < -0.39 is 12.1 Å². The molecule has 1 rings (SSSR count). The zero-order valence-corrected chi connectivity index (χ0v) is 10.4. The highest BCUT2D eigenvalue weighted by atomic mass is 16.5. The first kappa shape index (κ1) is 13.0. The van der Waals surface area contributed by atoms with Gasteiger partial charge in [-0.05, 0) is 23.1 Å². The van der Waals surface area contributed by atoms with Gasteiger partial charge in [0.15, 0.2) is 0 Å². The molecule has 0 spiro atoms. The first-order chi connectivity index (χ1) is 7.36. The Balaban J connectivity index is 2.91. The van der Waals surface area contributed by atoms with E-state index in [0.29, 0.717) is 0 Å². The molecule has 0 bridgehead atoms. The van der Waals surface area contributed by atoms with Crippen LogP contribution < -0.4 is 10.5 Å².